The maximum absolute atomic E-state index is 12.6. The lowest BCUT2D eigenvalue weighted by molar-refractivity contribution is -0.126. The van der Waals surface area contributed by atoms with Crippen LogP contribution in [0.4, 0.5) is 5.69 Å². The minimum Gasteiger partial charge on any atom is -0.497 e. The molecule has 1 atom stereocenters. The first-order valence-electron chi connectivity index (χ1n) is 9.24. The number of rotatable bonds is 5. The molecule has 1 unspecified atom stereocenters. The van der Waals surface area contributed by atoms with Crippen LogP contribution in [0.15, 0.2) is 42.5 Å². The third kappa shape index (κ3) is 3.74. The standard InChI is InChI=1S/C21H22N2O5/c1-26-17-5-3-16(4-6-17)23-13-15(11-20(23)24)21(25)22-12-14-2-7-18-19(10-14)28-9-8-27-18/h2-7,10,15H,8-9,11-13H2,1H3,(H,22,25). The predicted octanol–water partition coefficient (Wildman–Crippen LogP) is 2.14. The van der Waals surface area contributed by atoms with Gasteiger partial charge in [-0.25, -0.2) is 0 Å². The van der Waals surface area contributed by atoms with E-state index in [-0.39, 0.29) is 24.2 Å². The van der Waals surface area contributed by atoms with Gasteiger partial charge in [-0.1, -0.05) is 6.07 Å². The summed E-state index contributed by atoms with van der Waals surface area (Å²) in [6, 6.07) is 12.9. The number of fused-ring (bicyclic) bond motifs is 1. The smallest absolute Gasteiger partial charge is 0.227 e. The molecule has 2 aromatic rings. The predicted molar refractivity (Wildman–Crippen MR) is 103 cm³/mol. The zero-order chi connectivity index (χ0) is 19.5. The van der Waals surface area contributed by atoms with E-state index in [1.807, 2.05) is 30.3 Å². The Kier molecular flexibility index (Phi) is 5.06. The molecule has 0 saturated carbocycles. The Labute approximate surface area is 163 Å². The number of nitrogens with one attached hydrogen (secondary N) is 1. The van der Waals surface area contributed by atoms with Crippen molar-refractivity contribution in [3.63, 3.8) is 0 Å². The molecule has 2 aliphatic rings. The maximum Gasteiger partial charge on any atom is 0.227 e. The lowest BCUT2D eigenvalue weighted by Crippen LogP contribution is -2.32. The quantitative estimate of drug-likeness (QED) is 0.857. The van der Waals surface area contributed by atoms with Crippen molar-refractivity contribution >= 4 is 17.5 Å². The first-order chi connectivity index (χ1) is 13.6. The van der Waals surface area contributed by atoms with E-state index in [1.54, 1.807) is 24.1 Å². The van der Waals surface area contributed by atoms with Crippen LogP contribution >= 0.6 is 0 Å². The summed E-state index contributed by atoms with van der Waals surface area (Å²) in [4.78, 5) is 26.6. The lowest BCUT2D eigenvalue weighted by Gasteiger charge is -2.19. The minimum absolute atomic E-state index is 0.0513. The van der Waals surface area contributed by atoms with Crippen LogP contribution in [0.5, 0.6) is 17.2 Å². The lowest BCUT2D eigenvalue weighted by atomic mass is 10.1. The summed E-state index contributed by atoms with van der Waals surface area (Å²) >= 11 is 0. The first-order valence-corrected chi connectivity index (χ1v) is 9.24. The minimum atomic E-state index is -0.369. The molecule has 1 fully saturated rings. The monoisotopic (exact) mass is 382 g/mol. The van der Waals surface area contributed by atoms with Crippen LogP contribution in [0.1, 0.15) is 12.0 Å². The van der Waals surface area contributed by atoms with Gasteiger partial charge in [0.25, 0.3) is 0 Å². The number of anilines is 1. The first kappa shape index (κ1) is 18.2. The number of carbonyl (C=O) groups is 2. The Hall–Kier alpha value is -3.22. The number of nitrogens with zero attached hydrogens (tertiary/aromatic N) is 1. The van der Waals surface area contributed by atoms with Crippen molar-refractivity contribution in [1.29, 1.82) is 0 Å². The van der Waals surface area contributed by atoms with Crippen molar-refractivity contribution in [1.82, 2.24) is 5.32 Å². The number of amides is 2. The molecule has 0 radical (unpaired) electrons. The zero-order valence-corrected chi connectivity index (χ0v) is 15.6. The van der Waals surface area contributed by atoms with Gasteiger partial charge >= 0.3 is 0 Å². The molecule has 2 heterocycles. The molecule has 2 amide bonds. The molecule has 28 heavy (non-hydrogen) atoms. The van der Waals surface area contributed by atoms with Crippen molar-refractivity contribution in [3.05, 3.63) is 48.0 Å². The summed E-state index contributed by atoms with van der Waals surface area (Å²) in [6.45, 7) is 1.82. The Morgan fingerprint density at radius 2 is 1.89 bits per heavy atom. The Morgan fingerprint density at radius 3 is 2.64 bits per heavy atom. The van der Waals surface area contributed by atoms with E-state index in [0.29, 0.717) is 32.1 Å². The van der Waals surface area contributed by atoms with Gasteiger partial charge in [-0.05, 0) is 42.0 Å². The molecule has 146 valence electrons. The fraction of sp³-hybridized carbons (Fsp3) is 0.333. The van der Waals surface area contributed by atoms with Crippen molar-refractivity contribution in [2.24, 2.45) is 5.92 Å². The maximum atomic E-state index is 12.6. The Morgan fingerprint density at radius 1 is 1.14 bits per heavy atom. The van der Waals surface area contributed by atoms with Crippen molar-refractivity contribution in [2.45, 2.75) is 13.0 Å². The number of hydrogen-bond donors (Lipinski definition) is 1. The third-order valence-electron chi connectivity index (χ3n) is 4.95. The molecular formula is C21H22N2O5. The van der Waals surface area contributed by atoms with Crippen molar-refractivity contribution in [2.75, 3.05) is 31.8 Å². The van der Waals surface area contributed by atoms with Gasteiger partial charge in [-0.3, -0.25) is 9.59 Å². The summed E-state index contributed by atoms with van der Waals surface area (Å²) < 4.78 is 16.2. The SMILES string of the molecule is COc1ccc(N2CC(C(=O)NCc3ccc4c(c3)OCCO4)CC2=O)cc1. The molecule has 7 nitrogen and oxygen atoms in total. The van der Waals surface area contributed by atoms with E-state index in [2.05, 4.69) is 5.32 Å². The van der Waals surface area contributed by atoms with E-state index in [9.17, 15) is 9.59 Å². The van der Waals surface area contributed by atoms with Gasteiger partial charge in [0.15, 0.2) is 11.5 Å². The third-order valence-corrected chi connectivity index (χ3v) is 4.95. The van der Waals surface area contributed by atoms with Crippen molar-refractivity contribution in [3.8, 4) is 17.2 Å². The molecule has 2 aromatic carbocycles. The van der Waals surface area contributed by atoms with Crippen LogP contribution in [0.3, 0.4) is 0 Å². The zero-order valence-electron chi connectivity index (χ0n) is 15.6. The molecule has 0 bridgehead atoms. The molecule has 7 heteroatoms. The van der Waals surface area contributed by atoms with Crippen LogP contribution < -0.4 is 24.4 Å². The fourth-order valence-electron chi connectivity index (χ4n) is 3.43. The fourth-order valence-corrected chi connectivity index (χ4v) is 3.43. The highest BCUT2D eigenvalue weighted by Crippen LogP contribution is 2.31. The molecule has 0 aliphatic carbocycles. The van der Waals surface area contributed by atoms with Gasteiger partial charge < -0.3 is 24.4 Å². The second-order valence-corrected chi connectivity index (χ2v) is 6.80. The van der Waals surface area contributed by atoms with Crippen LogP contribution in [-0.4, -0.2) is 38.7 Å². The molecule has 1 saturated heterocycles. The van der Waals surface area contributed by atoms with Gasteiger partial charge in [0.2, 0.25) is 11.8 Å². The number of benzene rings is 2. The van der Waals surface area contributed by atoms with Crippen LogP contribution in [-0.2, 0) is 16.1 Å². The van der Waals surface area contributed by atoms with E-state index in [4.69, 9.17) is 14.2 Å². The van der Waals surface area contributed by atoms with Crippen molar-refractivity contribution < 1.29 is 23.8 Å². The highest BCUT2D eigenvalue weighted by Gasteiger charge is 2.35. The molecule has 4 rings (SSSR count). The molecule has 1 N–H and O–H groups in total. The summed E-state index contributed by atoms with van der Waals surface area (Å²) in [6.07, 6.45) is 0.207. The summed E-state index contributed by atoms with van der Waals surface area (Å²) in [5.41, 5.74) is 1.70. The van der Waals surface area contributed by atoms with E-state index in [0.717, 1.165) is 22.7 Å². The van der Waals surface area contributed by atoms with E-state index >= 15 is 0 Å². The molecule has 0 spiro atoms. The average molecular weight is 382 g/mol. The van der Waals surface area contributed by atoms with Crippen LogP contribution in [0.2, 0.25) is 0 Å². The number of carbonyl (C=O) groups excluding carboxylic acids is 2. The summed E-state index contributed by atoms with van der Waals surface area (Å²) in [5, 5.41) is 2.92. The van der Waals surface area contributed by atoms with Crippen LogP contribution in [0, 0.1) is 5.92 Å². The highest BCUT2D eigenvalue weighted by atomic mass is 16.6. The summed E-state index contributed by atoms with van der Waals surface area (Å²) in [5.74, 6) is 1.59. The normalized spacial score (nSPS) is 18.1. The largest absolute Gasteiger partial charge is 0.497 e. The second-order valence-electron chi connectivity index (χ2n) is 6.80. The van der Waals surface area contributed by atoms with Gasteiger partial charge in [0.1, 0.15) is 19.0 Å². The molecular weight excluding hydrogens is 360 g/mol. The Bertz CT molecular complexity index is 881. The van der Waals surface area contributed by atoms with Gasteiger partial charge in [0.05, 0.1) is 13.0 Å². The van der Waals surface area contributed by atoms with Crippen LogP contribution in [0.25, 0.3) is 0 Å². The molecule has 2 aliphatic heterocycles. The average Bonchev–Trinajstić information content (AvgIpc) is 3.13. The van der Waals surface area contributed by atoms with Gasteiger partial charge in [-0.15, -0.1) is 0 Å². The number of methoxy groups -OCH3 is 1. The number of ether oxygens (including phenoxy) is 3. The summed E-state index contributed by atoms with van der Waals surface area (Å²) in [7, 11) is 1.60. The van der Waals surface area contributed by atoms with E-state index in [1.165, 1.54) is 0 Å². The Balaban J connectivity index is 1.35. The number of hydrogen-bond acceptors (Lipinski definition) is 5. The second kappa shape index (κ2) is 7.80. The van der Waals surface area contributed by atoms with Gasteiger partial charge in [0, 0.05) is 25.2 Å². The topological polar surface area (TPSA) is 77.1 Å². The van der Waals surface area contributed by atoms with Gasteiger partial charge in [-0.2, -0.15) is 0 Å². The van der Waals surface area contributed by atoms with E-state index < -0.39 is 0 Å². The molecule has 0 aromatic heterocycles. The highest BCUT2D eigenvalue weighted by molar-refractivity contribution is 6.00.